The lowest BCUT2D eigenvalue weighted by molar-refractivity contribution is 0.114. The van der Waals surface area contributed by atoms with Crippen molar-refractivity contribution in [2.45, 2.75) is 44.2 Å². The van der Waals surface area contributed by atoms with E-state index < -0.39 is 0 Å². The van der Waals surface area contributed by atoms with Crippen LogP contribution in [0.4, 0.5) is 0 Å². The summed E-state index contributed by atoms with van der Waals surface area (Å²) in [6, 6.07) is 9.35. The average molecular weight is 274 g/mol. The molecule has 2 saturated heterocycles. The first kappa shape index (κ1) is 13.9. The van der Waals surface area contributed by atoms with Gasteiger partial charge in [-0.05, 0) is 63.4 Å². The van der Waals surface area contributed by atoms with E-state index in [9.17, 15) is 0 Å². The lowest BCUT2D eigenvalue weighted by Gasteiger charge is -2.29. The first-order valence-corrected chi connectivity index (χ1v) is 7.97. The van der Waals surface area contributed by atoms with E-state index >= 15 is 0 Å². The SMILES string of the molecule is CN1CCC(Oc2cccc(CC3CCCN3)c2)CC1. The summed E-state index contributed by atoms with van der Waals surface area (Å²) < 4.78 is 6.16. The summed E-state index contributed by atoms with van der Waals surface area (Å²) in [5.74, 6) is 1.05. The molecule has 3 nitrogen and oxygen atoms in total. The molecule has 0 aliphatic carbocycles. The molecule has 0 saturated carbocycles. The molecular formula is C17H26N2O. The first-order valence-electron chi connectivity index (χ1n) is 7.97. The molecule has 2 aliphatic heterocycles. The van der Waals surface area contributed by atoms with Crippen LogP contribution in [0.2, 0.25) is 0 Å². The molecule has 1 unspecified atom stereocenters. The van der Waals surface area contributed by atoms with Crippen molar-refractivity contribution >= 4 is 0 Å². The van der Waals surface area contributed by atoms with Gasteiger partial charge in [-0.1, -0.05) is 12.1 Å². The highest BCUT2D eigenvalue weighted by atomic mass is 16.5. The average Bonchev–Trinajstić information content (AvgIpc) is 2.95. The van der Waals surface area contributed by atoms with Crippen molar-refractivity contribution in [3.63, 3.8) is 0 Å². The topological polar surface area (TPSA) is 24.5 Å². The van der Waals surface area contributed by atoms with Crippen molar-refractivity contribution in [3.8, 4) is 5.75 Å². The molecule has 1 N–H and O–H groups in total. The Kier molecular flexibility index (Phi) is 4.58. The molecule has 1 atom stereocenters. The van der Waals surface area contributed by atoms with Crippen LogP contribution in [0.1, 0.15) is 31.2 Å². The minimum absolute atomic E-state index is 0.394. The largest absolute Gasteiger partial charge is 0.490 e. The molecule has 2 aliphatic rings. The number of nitrogens with one attached hydrogen (secondary N) is 1. The summed E-state index contributed by atoms with van der Waals surface area (Å²) in [6.45, 7) is 3.48. The van der Waals surface area contributed by atoms with Crippen molar-refractivity contribution < 1.29 is 4.74 Å². The molecule has 110 valence electrons. The van der Waals surface area contributed by atoms with E-state index in [4.69, 9.17) is 4.74 Å². The van der Waals surface area contributed by atoms with Crippen molar-refractivity contribution in [2.75, 3.05) is 26.7 Å². The third-order valence-electron chi connectivity index (χ3n) is 4.51. The normalized spacial score (nSPS) is 24.9. The summed E-state index contributed by atoms with van der Waals surface area (Å²) in [5, 5.41) is 3.56. The van der Waals surface area contributed by atoms with Gasteiger partial charge in [-0.15, -0.1) is 0 Å². The molecule has 0 aromatic heterocycles. The fourth-order valence-corrected chi connectivity index (χ4v) is 3.26. The Morgan fingerprint density at radius 3 is 2.85 bits per heavy atom. The lowest BCUT2D eigenvalue weighted by Crippen LogP contribution is -2.35. The molecule has 0 spiro atoms. The fourth-order valence-electron chi connectivity index (χ4n) is 3.26. The van der Waals surface area contributed by atoms with Crippen LogP contribution in [0.3, 0.4) is 0 Å². The van der Waals surface area contributed by atoms with Gasteiger partial charge in [0.05, 0.1) is 0 Å². The van der Waals surface area contributed by atoms with E-state index in [1.807, 2.05) is 0 Å². The summed E-state index contributed by atoms with van der Waals surface area (Å²) in [4.78, 5) is 2.38. The zero-order valence-corrected chi connectivity index (χ0v) is 12.5. The molecule has 3 heteroatoms. The Morgan fingerprint density at radius 2 is 2.10 bits per heavy atom. The van der Waals surface area contributed by atoms with E-state index in [0.29, 0.717) is 12.1 Å². The third kappa shape index (κ3) is 3.74. The minimum Gasteiger partial charge on any atom is -0.490 e. The van der Waals surface area contributed by atoms with Crippen molar-refractivity contribution in [2.24, 2.45) is 0 Å². The monoisotopic (exact) mass is 274 g/mol. The van der Waals surface area contributed by atoms with Crippen LogP contribution in [0, 0.1) is 0 Å². The van der Waals surface area contributed by atoms with Crippen LogP contribution in [0.15, 0.2) is 24.3 Å². The molecule has 2 fully saturated rings. The molecule has 2 heterocycles. The maximum Gasteiger partial charge on any atom is 0.119 e. The number of hydrogen-bond donors (Lipinski definition) is 1. The molecule has 0 amide bonds. The Balaban J connectivity index is 1.56. The van der Waals surface area contributed by atoms with Gasteiger partial charge in [-0.2, -0.15) is 0 Å². The van der Waals surface area contributed by atoms with Gasteiger partial charge in [-0.3, -0.25) is 0 Å². The Morgan fingerprint density at radius 1 is 1.25 bits per heavy atom. The predicted molar refractivity (Wildman–Crippen MR) is 82.3 cm³/mol. The smallest absolute Gasteiger partial charge is 0.119 e. The Bertz CT molecular complexity index is 421. The number of hydrogen-bond acceptors (Lipinski definition) is 3. The van der Waals surface area contributed by atoms with Crippen molar-refractivity contribution in [1.82, 2.24) is 10.2 Å². The van der Waals surface area contributed by atoms with Crippen LogP contribution in [-0.4, -0.2) is 43.7 Å². The van der Waals surface area contributed by atoms with Gasteiger partial charge in [-0.25, -0.2) is 0 Å². The Hall–Kier alpha value is -1.06. The van der Waals surface area contributed by atoms with E-state index in [2.05, 4.69) is 41.5 Å². The van der Waals surface area contributed by atoms with Crippen molar-refractivity contribution in [1.29, 1.82) is 0 Å². The van der Waals surface area contributed by atoms with Gasteiger partial charge in [0.25, 0.3) is 0 Å². The summed E-state index contributed by atoms with van der Waals surface area (Å²) in [5.41, 5.74) is 1.40. The second-order valence-electron chi connectivity index (χ2n) is 6.27. The molecule has 0 radical (unpaired) electrons. The third-order valence-corrected chi connectivity index (χ3v) is 4.51. The van der Waals surface area contributed by atoms with Crippen LogP contribution in [0.5, 0.6) is 5.75 Å². The number of rotatable bonds is 4. The quantitative estimate of drug-likeness (QED) is 0.913. The highest BCUT2D eigenvalue weighted by Gasteiger charge is 2.18. The van der Waals surface area contributed by atoms with E-state index in [0.717, 1.165) is 38.1 Å². The van der Waals surface area contributed by atoms with Gasteiger partial charge in [0.1, 0.15) is 11.9 Å². The molecule has 1 aromatic carbocycles. The standard InChI is InChI=1S/C17H26N2O/c1-19-10-7-16(8-11-19)20-17-6-2-4-14(13-17)12-15-5-3-9-18-15/h2,4,6,13,15-16,18H,3,5,7-12H2,1H3. The van der Waals surface area contributed by atoms with Crippen LogP contribution >= 0.6 is 0 Å². The van der Waals surface area contributed by atoms with Gasteiger partial charge in [0, 0.05) is 19.1 Å². The summed E-state index contributed by atoms with van der Waals surface area (Å²) >= 11 is 0. The fraction of sp³-hybridized carbons (Fsp3) is 0.647. The molecule has 0 bridgehead atoms. The lowest BCUT2D eigenvalue weighted by atomic mass is 10.0. The molecule has 1 aromatic rings. The zero-order valence-electron chi connectivity index (χ0n) is 12.5. The zero-order chi connectivity index (χ0) is 13.8. The molecular weight excluding hydrogens is 248 g/mol. The van der Waals surface area contributed by atoms with Crippen molar-refractivity contribution in [3.05, 3.63) is 29.8 Å². The van der Waals surface area contributed by atoms with Crippen LogP contribution < -0.4 is 10.1 Å². The van der Waals surface area contributed by atoms with Gasteiger partial charge < -0.3 is 15.0 Å². The second kappa shape index (κ2) is 6.59. The van der Waals surface area contributed by atoms with Gasteiger partial charge in [0.2, 0.25) is 0 Å². The number of ether oxygens (including phenoxy) is 1. The number of likely N-dealkylation sites (tertiary alicyclic amines) is 1. The number of benzene rings is 1. The highest BCUT2D eigenvalue weighted by molar-refractivity contribution is 5.29. The van der Waals surface area contributed by atoms with E-state index in [1.54, 1.807) is 0 Å². The molecule has 3 rings (SSSR count). The van der Waals surface area contributed by atoms with E-state index in [-0.39, 0.29) is 0 Å². The maximum atomic E-state index is 6.16. The van der Waals surface area contributed by atoms with E-state index in [1.165, 1.54) is 24.9 Å². The highest BCUT2D eigenvalue weighted by Crippen LogP contribution is 2.21. The minimum atomic E-state index is 0.394. The Labute approximate surface area is 122 Å². The first-order chi connectivity index (χ1) is 9.79. The van der Waals surface area contributed by atoms with Crippen LogP contribution in [-0.2, 0) is 6.42 Å². The second-order valence-corrected chi connectivity index (χ2v) is 6.27. The summed E-state index contributed by atoms with van der Waals surface area (Å²) in [7, 11) is 2.19. The van der Waals surface area contributed by atoms with Gasteiger partial charge in [0.15, 0.2) is 0 Å². The maximum absolute atomic E-state index is 6.16. The van der Waals surface area contributed by atoms with Crippen LogP contribution in [0.25, 0.3) is 0 Å². The molecule has 20 heavy (non-hydrogen) atoms. The van der Waals surface area contributed by atoms with Gasteiger partial charge >= 0.3 is 0 Å². The predicted octanol–water partition coefficient (Wildman–Crippen LogP) is 2.45. The number of nitrogens with zero attached hydrogens (tertiary/aromatic N) is 1. The summed E-state index contributed by atoms with van der Waals surface area (Å²) in [6.07, 6.45) is 6.43. The number of piperidine rings is 1.